The number of benzene rings is 1. The fraction of sp³-hybridized carbons (Fsp3) is 0.200. The molecule has 0 atom stereocenters. The van der Waals surface area contributed by atoms with Gasteiger partial charge < -0.3 is 15.7 Å². The molecule has 5 heteroatoms. The molecule has 0 fully saturated rings. The minimum Gasteiger partial charge on any atom is -0.508 e. The fourth-order valence-corrected chi connectivity index (χ4v) is 1.07. The molecule has 0 heterocycles. The number of urea groups is 1. The summed E-state index contributed by atoms with van der Waals surface area (Å²) in [5.41, 5.74) is 1.35. The third kappa shape index (κ3) is 3.19. The van der Waals surface area contributed by atoms with Crippen molar-refractivity contribution < 1.29 is 9.90 Å². The van der Waals surface area contributed by atoms with Gasteiger partial charge in [-0.1, -0.05) is 0 Å². The Kier molecular flexibility index (Phi) is 3.52. The first-order chi connectivity index (χ1) is 7.13. The molecule has 1 aromatic carbocycles. The third-order valence-corrected chi connectivity index (χ3v) is 1.79. The van der Waals surface area contributed by atoms with Crippen LogP contribution in [0, 0.1) is 18.3 Å². The molecule has 15 heavy (non-hydrogen) atoms. The first kappa shape index (κ1) is 10.9. The lowest BCUT2D eigenvalue weighted by molar-refractivity contribution is 0.253. The average molecular weight is 205 g/mol. The number of rotatable bonds is 2. The molecule has 0 aliphatic heterocycles. The summed E-state index contributed by atoms with van der Waals surface area (Å²) in [7, 11) is 0. The van der Waals surface area contributed by atoms with E-state index in [-0.39, 0.29) is 12.3 Å². The molecule has 0 saturated heterocycles. The Morgan fingerprint density at radius 3 is 2.93 bits per heavy atom. The van der Waals surface area contributed by atoms with Crippen LogP contribution in [0.4, 0.5) is 10.5 Å². The van der Waals surface area contributed by atoms with E-state index < -0.39 is 6.03 Å². The maximum absolute atomic E-state index is 11.2. The maximum atomic E-state index is 11.2. The first-order valence-corrected chi connectivity index (χ1v) is 4.35. The Morgan fingerprint density at radius 2 is 2.33 bits per heavy atom. The molecular formula is C10H11N3O2. The van der Waals surface area contributed by atoms with Crippen molar-refractivity contribution >= 4 is 11.7 Å². The molecular weight excluding hydrogens is 194 g/mol. The molecule has 1 rings (SSSR count). The van der Waals surface area contributed by atoms with Crippen molar-refractivity contribution in [3.8, 4) is 11.8 Å². The molecule has 0 spiro atoms. The van der Waals surface area contributed by atoms with Crippen LogP contribution in [0.25, 0.3) is 0 Å². The normalized spacial score (nSPS) is 9.07. The quantitative estimate of drug-likeness (QED) is 0.503. The van der Waals surface area contributed by atoms with E-state index in [0.717, 1.165) is 5.56 Å². The highest BCUT2D eigenvalue weighted by atomic mass is 16.3. The number of hydrogen-bond acceptors (Lipinski definition) is 3. The van der Waals surface area contributed by atoms with E-state index >= 15 is 0 Å². The van der Waals surface area contributed by atoms with Gasteiger partial charge in [0, 0.05) is 5.69 Å². The number of nitriles is 1. The molecule has 3 N–H and O–H groups in total. The molecule has 0 aliphatic rings. The topological polar surface area (TPSA) is 85.2 Å². The zero-order chi connectivity index (χ0) is 11.3. The van der Waals surface area contributed by atoms with E-state index in [1.165, 1.54) is 6.07 Å². The molecule has 0 bridgehead atoms. The van der Waals surface area contributed by atoms with Crippen LogP contribution in [0.3, 0.4) is 0 Å². The summed E-state index contributed by atoms with van der Waals surface area (Å²) in [5, 5.41) is 22.3. The minimum atomic E-state index is -0.440. The molecule has 5 nitrogen and oxygen atoms in total. The van der Waals surface area contributed by atoms with Crippen LogP contribution in [-0.2, 0) is 0 Å². The Balaban J connectivity index is 2.65. The Bertz CT molecular complexity index is 410. The van der Waals surface area contributed by atoms with Gasteiger partial charge in [-0.2, -0.15) is 5.26 Å². The second-order valence-corrected chi connectivity index (χ2v) is 2.97. The lowest BCUT2D eigenvalue weighted by Gasteiger charge is -2.08. The lowest BCUT2D eigenvalue weighted by atomic mass is 10.2. The van der Waals surface area contributed by atoms with Gasteiger partial charge in [0.05, 0.1) is 6.07 Å². The average Bonchev–Trinajstić information content (AvgIpc) is 2.19. The highest BCUT2D eigenvalue weighted by molar-refractivity contribution is 5.90. The Morgan fingerprint density at radius 1 is 1.60 bits per heavy atom. The van der Waals surface area contributed by atoms with E-state index in [4.69, 9.17) is 10.4 Å². The number of phenols is 1. The van der Waals surface area contributed by atoms with E-state index in [1.807, 2.05) is 0 Å². The summed E-state index contributed by atoms with van der Waals surface area (Å²) in [5.74, 6) is 0.149. The van der Waals surface area contributed by atoms with Crippen LogP contribution in [-0.4, -0.2) is 17.7 Å². The van der Waals surface area contributed by atoms with Gasteiger partial charge in [-0.05, 0) is 30.7 Å². The zero-order valence-electron chi connectivity index (χ0n) is 8.24. The lowest BCUT2D eigenvalue weighted by Crippen LogP contribution is -2.29. The Hall–Kier alpha value is -2.22. The van der Waals surface area contributed by atoms with Crippen molar-refractivity contribution in [3.63, 3.8) is 0 Å². The smallest absolute Gasteiger partial charge is 0.320 e. The van der Waals surface area contributed by atoms with Gasteiger partial charge >= 0.3 is 6.03 Å². The standard InChI is InChI=1S/C10H11N3O2/c1-7-6-8(14)2-3-9(7)13-10(15)12-5-4-11/h2-3,6,14H,5H2,1H3,(H2,12,13,15). The van der Waals surface area contributed by atoms with Crippen LogP contribution >= 0.6 is 0 Å². The number of nitrogens with zero attached hydrogens (tertiary/aromatic N) is 1. The molecule has 78 valence electrons. The molecule has 0 unspecified atom stereocenters. The van der Waals surface area contributed by atoms with Gasteiger partial charge in [0.1, 0.15) is 12.3 Å². The van der Waals surface area contributed by atoms with Crippen molar-refractivity contribution in [1.82, 2.24) is 5.32 Å². The van der Waals surface area contributed by atoms with Crippen molar-refractivity contribution in [1.29, 1.82) is 5.26 Å². The SMILES string of the molecule is Cc1cc(O)ccc1NC(=O)NCC#N. The molecule has 2 amide bonds. The summed E-state index contributed by atoms with van der Waals surface area (Å²) in [4.78, 5) is 11.2. The monoisotopic (exact) mass is 205 g/mol. The van der Waals surface area contributed by atoms with Gasteiger partial charge in [-0.3, -0.25) is 0 Å². The van der Waals surface area contributed by atoms with Crippen LogP contribution in [0.1, 0.15) is 5.56 Å². The summed E-state index contributed by atoms with van der Waals surface area (Å²) < 4.78 is 0. The second kappa shape index (κ2) is 4.86. The van der Waals surface area contributed by atoms with Crippen LogP contribution < -0.4 is 10.6 Å². The van der Waals surface area contributed by atoms with Gasteiger partial charge in [-0.25, -0.2) is 4.79 Å². The maximum Gasteiger partial charge on any atom is 0.320 e. The number of aryl methyl sites for hydroxylation is 1. The second-order valence-electron chi connectivity index (χ2n) is 2.97. The number of aromatic hydroxyl groups is 1. The van der Waals surface area contributed by atoms with Crippen molar-refractivity contribution in [2.75, 3.05) is 11.9 Å². The number of hydrogen-bond donors (Lipinski definition) is 3. The van der Waals surface area contributed by atoms with Crippen molar-refractivity contribution in [2.45, 2.75) is 6.92 Å². The highest BCUT2D eigenvalue weighted by Gasteiger charge is 2.03. The predicted octanol–water partition coefficient (Wildman–Crippen LogP) is 1.35. The number of phenolic OH excluding ortho intramolecular Hbond substituents is 1. The van der Waals surface area contributed by atoms with E-state index in [0.29, 0.717) is 5.69 Å². The van der Waals surface area contributed by atoms with Crippen molar-refractivity contribution in [3.05, 3.63) is 23.8 Å². The summed E-state index contributed by atoms with van der Waals surface area (Å²) in [6, 6.07) is 5.97. The van der Waals surface area contributed by atoms with E-state index in [9.17, 15) is 4.79 Å². The predicted molar refractivity (Wildman–Crippen MR) is 55.5 cm³/mol. The van der Waals surface area contributed by atoms with E-state index in [2.05, 4.69) is 10.6 Å². The minimum absolute atomic E-state index is 0.0387. The first-order valence-electron chi connectivity index (χ1n) is 4.35. The Labute approximate surface area is 87.3 Å². The van der Waals surface area contributed by atoms with Crippen molar-refractivity contribution in [2.24, 2.45) is 0 Å². The number of carbonyl (C=O) groups excluding carboxylic acids is 1. The molecule has 0 radical (unpaired) electrons. The van der Waals surface area contributed by atoms with Gasteiger partial charge in [0.25, 0.3) is 0 Å². The molecule has 0 saturated carbocycles. The summed E-state index contributed by atoms with van der Waals surface area (Å²) in [6.45, 7) is 1.72. The summed E-state index contributed by atoms with van der Waals surface area (Å²) in [6.07, 6.45) is 0. The third-order valence-electron chi connectivity index (χ3n) is 1.79. The van der Waals surface area contributed by atoms with E-state index in [1.54, 1.807) is 25.1 Å². The largest absolute Gasteiger partial charge is 0.508 e. The number of amides is 2. The van der Waals surface area contributed by atoms with Gasteiger partial charge in [0.15, 0.2) is 0 Å². The molecule has 1 aromatic rings. The number of nitrogens with one attached hydrogen (secondary N) is 2. The molecule has 0 aromatic heterocycles. The molecule has 0 aliphatic carbocycles. The highest BCUT2D eigenvalue weighted by Crippen LogP contribution is 2.19. The van der Waals surface area contributed by atoms with Crippen LogP contribution in [0.5, 0.6) is 5.75 Å². The van der Waals surface area contributed by atoms with Crippen LogP contribution in [0.15, 0.2) is 18.2 Å². The van der Waals surface area contributed by atoms with Gasteiger partial charge in [0.2, 0.25) is 0 Å². The number of anilines is 1. The zero-order valence-corrected chi connectivity index (χ0v) is 8.24. The summed E-state index contributed by atoms with van der Waals surface area (Å²) >= 11 is 0. The number of carbonyl (C=O) groups is 1. The van der Waals surface area contributed by atoms with Gasteiger partial charge in [-0.15, -0.1) is 0 Å². The van der Waals surface area contributed by atoms with Crippen LogP contribution in [0.2, 0.25) is 0 Å². The fourth-order valence-electron chi connectivity index (χ4n) is 1.07.